The van der Waals surface area contributed by atoms with Gasteiger partial charge in [0, 0.05) is 33.6 Å². The highest BCUT2D eigenvalue weighted by molar-refractivity contribution is 14.2. The van der Waals surface area contributed by atoms with E-state index in [-0.39, 0.29) is 20.7 Å². The van der Waals surface area contributed by atoms with E-state index in [1.54, 1.807) is 0 Å². The van der Waals surface area contributed by atoms with Gasteiger partial charge in [-0.25, -0.2) is 0 Å². The zero-order chi connectivity index (χ0) is 18.3. The highest BCUT2D eigenvalue weighted by Crippen LogP contribution is 2.57. The summed E-state index contributed by atoms with van der Waals surface area (Å²) in [6.07, 6.45) is 17.0. The van der Waals surface area contributed by atoms with Gasteiger partial charge in [0.15, 0.2) is 0 Å². The second-order valence-electron chi connectivity index (χ2n) is 6.71. The van der Waals surface area contributed by atoms with Gasteiger partial charge >= 0.3 is 0 Å². The Morgan fingerprint density at radius 1 is 1.35 bits per heavy atom. The van der Waals surface area contributed by atoms with Gasteiger partial charge < -0.3 is 4.98 Å². The van der Waals surface area contributed by atoms with Crippen molar-refractivity contribution in [3.8, 4) is 0 Å². The van der Waals surface area contributed by atoms with Crippen molar-refractivity contribution in [3.05, 3.63) is 80.9 Å². The molecular formula is C23H24INS. The minimum Gasteiger partial charge on any atom is -0.358 e. The molecule has 1 aliphatic heterocycles. The van der Waals surface area contributed by atoms with Crippen LogP contribution in [0.4, 0.5) is 0 Å². The third-order valence-electron chi connectivity index (χ3n) is 5.23. The van der Waals surface area contributed by atoms with E-state index in [0.717, 1.165) is 6.42 Å². The molecule has 0 aromatic carbocycles. The average Bonchev–Trinajstić information content (AvgIpc) is 3.16. The Bertz CT molecular complexity index is 949. The van der Waals surface area contributed by atoms with Crippen LogP contribution in [0.3, 0.4) is 0 Å². The molecule has 0 radical (unpaired) electrons. The lowest BCUT2D eigenvalue weighted by Crippen LogP contribution is -2.17. The first-order chi connectivity index (χ1) is 12.7. The van der Waals surface area contributed by atoms with E-state index in [4.69, 9.17) is 0 Å². The smallest absolute Gasteiger partial charge is 0.0516 e. The molecule has 1 N–H and O–H groups in total. The Morgan fingerprint density at radius 3 is 2.92 bits per heavy atom. The van der Waals surface area contributed by atoms with Crippen molar-refractivity contribution in [2.45, 2.75) is 20.3 Å². The van der Waals surface area contributed by atoms with Crippen molar-refractivity contribution in [1.82, 2.24) is 4.98 Å². The Hall–Kier alpha value is -1.33. The quantitative estimate of drug-likeness (QED) is 0.383. The number of H-pyrrole nitrogens is 1. The molecule has 1 nitrogen and oxygen atoms in total. The van der Waals surface area contributed by atoms with Crippen molar-refractivity contribution < 1.29 is 0 Å². The van der Waals surface area contributed by atoms with Gasteiger partial charge in [-0.1, -0.05) is 67.8 Å². The zero-order valence-corrected chi connectivity index (χ0v) is 18.4. The zero-order valence-electron chi connectivity index (χ0n) is 15.5. The summed E-state index contributed by atoms with van der Waals surface area (Å²) in [5.74, 6) is 0.934. The highest BCUT2D eigenvalue weighted by Gasteiger charge is 2.39. The van der Waals surface area contributed by atoms with E-state index < -0.39 is 0 Å². The number of hydrogen-bond acceptors (Lipinski definition) is 1. The van der Waals surface area contributed by atoms with Crippen molar-refractivity contribution in [1.29, 1.82) is 0 Å². The highest BCUT2D eigenvalue weighted by atomic mass is 127. The third kappa shape index (κ3) is 2.80. The van der Waals surface area contributed by atoms with Gasteiger partial charge in [-0.15, -0.1) is 20.7 Å². The van der Waals surface area contributed by atoms with E-state index in [0.29, 0.717) is 11.8 Å². The number of allylic oxidation sites excluding steroid dienone is 9. The normalized spacial score (nSPS) is 24.6. The number of rotatable bonds is 4. The Labute approximate surface area is 170 Å². The van der Waals surface area contributed by atoms with Gasteiger partial charge in [0.1, 0.15) is 0 Å². The topological polar surface area (TPSA) is 15.8 Å². The molecule has 1 aromatic rings. The minimum atomic E-state index is 0.0841. The van der Waals surface area contributed by atoms with Gasteiger partial charge in [-0.3, -0.25) is 0 Å². The first-order valence-corrected chi connectivity index (χ1v) is 13.3. The number of alkyl halides is 1. The molecule has 26 heavy (non-hydrogen) atoms. The fraction of sp³-hybridized carbons (Fsp3) is 0.261. The molecule has 2 aliphatic carbocycles. The maximum absolute atomic E-state index is 4.42. The number of aromatic nitrogens is 1. The van der Waals surface area contributed by atoms with E-state index in [2.05, 4.69) is 76.9 Å². The number of hydrogen-bond donors (Lipinski definition) is 1. The van der Waals surface area contributed by atoms with Gasteiger partial charge in [-0.05, 0) is 38.3 Å². The summed E-state index contributed by atoms with van der Waals surface area (Å²) in [6, 6.07) is 0. The largest absolute Gasteiger partial charge is 0.358 e. The number of nitrogens with one attached hydrogen (secondary N) is 1. The molecule has 1 aromatic heterocycles. The van der Waals surface area contributed by atoms with Crippen LogP contribution < -0.4 is 0 Å². The van der Waals surface area contributed by atoms with Crippen LogP contribution in [0.5, 0.6) is 0 Å². The minimum absolute atomic E-state index is 0.0841. The number of thioether (sulfide) groups is 1. The van der Waals surface area contributed by atoms with Crippen LogP contribution >= 0.6 is 32.5 Å². The standard InChI is InChI=1S/C23H24INS/c1-5-8-16-19(13-24-4)25-18(6-2)23(16)17-12-11-15-9-7-10-20-22(15)21(17)14(3)26-20/h5,7-13,15,22,25H,3,6H2,1-2,4H3/b8-5-. The number of aromatic amines is 1. The fourth-order valence-corrected chi connectivity index (χ4v) is 6.49. The molecule has 134 valence electrons. The van der Waals surface area contributed by atoms with Crippen LogP contribution in [0.2, 0.25) is 0 Å². The lowest BCUT2D eigenvalue weighted by Gasteiger charge is -2.28. The summed E-state index contributed by atoms with van der Waals surface area (Å²) < 4.78 is 2.41. The maximum Gasteiger partial charge on any atom is 0.0516 e. The van der Waals surface area contributed by atoms with E-state index in [1.807, 2.05) is 11.8 Å². The average molecular weight is 473 g/mol. The SMILES string of the molecule is C=C1SC2=CC=CC3C=CC(c4c(CC)[nH]c(C=IC)c4/C=C\C)=C1C23. The summed E-state index contributed by atoms with van der Waals surface area (Å²) >= 11 is 1.95. The molecule has 0 amide bonds. The molecule has 0 bridgehead atoms. The second-order valence-corrected chi connectivity index (χ2v) is 9.74. The second kappa shape index (κ2) is 7.35. The van der Waals surface area contributed by atoms with Gasteiger partial charge in [0.05, 0.1) is 5.69 Å². The summed E-state index contributed by atoms with van der Waals surface area (Å²) in [5.41, 5.74) is 8.18. The molecule has 3 aliphatic rings. The van der Waals surface area contributed by atoms with E-state index in [1.165, 1.54) is 43.5 Å². The molecule has 1 saturated heterocycles. The predicted molar refractivity (Wildman–Crippen MR) is 127 cm³/mol. The van der Waals surface area contributed by atoms with E-state index in [9.17, 15) is 0 Å². The first kappa shape index (κ1) is 18.1. The van der Waals surface area contributed by atoms with Crippen LogP contribution in [0, 0.1) is 11.8 Å². The molecule has 1 fully saturated rings. The van der Waals surface area contributed by atoms with Crippen molar-refractivity contribution >= 4 is 48.2 Å². The Kier molecular flexibility index (Phi) is 5.11. The van der Waals surface area contributed by atoms with Crippen LogP contribution in [0.15, 0.2) is 58.4 Å². The van der Waals surface area contributed by atoms with Gasteiger partial charge in [0.2, 0.25) is 0 Å². The van der Waals surface area contributed by atoms with Crippen molar-refractivity contribution in [2.75, 3.05) is 4.93 Å². The molecule has 0 saturated carbocycles. The van der Waals surface area contributed by atoms with Crippen LogP contribution in [-0.4, -0.2) is 13.9 Å². The Morgan fingerprint density at radius 2 is 2.19 bits per heavy atom. The molecule has 2 heterocycles. The molecule has 2 atom stereocenters. The van der Waals surface area contributed by atoms with Crippen LogP contribution in [0.1, 0.15) is 36.4 Å². The molecular weight excluding hydrogens is 449 g/mol. The third-order valence-corrected chi connectivity index (χ3v) is 7.57. The molecule has 4 rings (SSSR count). The van der Waals surface area contributed by atoms with E-state index >= 15 is 0 Å². The number of halogens is 1. The summed E-state index contributed by atoms with van der Waals surface area (Å²) in [4.78, 5) is 8.69. The van der Waals surface area contributed by atoms with Crippen LogP contribution in [0.25, 0.3) is 11.6 Å². The summed E-state index contributed by atoms with van der Waals surface area (Å²) in [6.45, 7) is 8.77. The lowest BCUT2D eigenvalue weighted by molar-refractivity contribution is 0.636. The lowest BCUT2D eigenvalue weighted by atomic mass is 9.75. The van der Waals surface area contributed by atoms with Crippen LogP contribution in [-0.2, 0) is 6.42 Å². The van der Waals surface area contributed by atoms with Crippen molar-refractivity contribution in [3.63, 3.8) is 0 Å². The molecule has 3 heteroatoms. The molecule has 2 unspecified atom stereocenters. The Balaban J connectivity index is 1.98. The maximum atomic E-state index is 4.42. The predicted octanol–water partition coefficient (Wildman–Crippen LogP) is 6.63. The van der Waals surface area contributed by atoms with Crippen molar-refractivity contribution in [2.24, 2.45) is 11.8 Å². The summed E-state index contributed by atoms with van der Waals surface area (Å²) in [5, 5.41) is 0. The number of aryl methyl sites for hydroxylation is 1. The molecule has 0 spiro atoms. The monoisotopic (exact) mass is 473 g/mol. The first-order valence-electron chi connectivity index (χ1n) is 9.06. The van der Waals surface area contributed by atoms with Gasteiger partial charge in [-0.2, -0.15) is 0 Å². The summed E-state index contributed by atoms with van der Waals surface area (Å²) in [7, 11) is 0. The van der Waals surface area contributed by atoms with Gasteiger partial charge in [0.25, 0.3) is 0 Å². The fourth-order valence-electron chi connectivity index (χ4n) is 4.19.